The first-order valence-electron chi connectivity index (χ1n) is 11.0. The molecule has 3 heterocycles. The number of halogens is 1. The van der Waals surface area contributed by atoms with E-state index in [1.807, 2.05) is 46.9 Å². The molecule has 2 atom stereocenters. The zero-order chi connectivity index (χ0) is 22.2. The normalized spacial score (nSPS) is 21.1. The smallest absolute Gasteiger partial charge is 0.250 e. The molecule has 2 fully saturated rings. The van der Waals surface area contributed by atoms with E-state index in [4.69, 9.17) is 4.74 Å². The second-order valence-electron chi connectivity index (χ2n) is 8.57. The summed E-state index contributed by atoms with van der Waals surface area (Å²) in [7, 11) is 1.65. The zero-order valence-corrected chi connectivity index (χ0v) is 18.3. The Morgan fingerprint density at radius 2 is 1.91 bits per heavy atom. The number of hydrogen-bond donors (Lipinski definition) is 0. The predicted octanol–water partition coefficient (Wildman–Crippen LogP) is 5.87. The third-order valence-corrected chi connectivity index (χ3v) is 6.55. The van der Waals surface area contributed by atoms with Crippen molar-refractivity contribution in [3.8, 4) is 11.4 Å². The van der Waals surface area contributed by atoms with Crippen molar-refractivity contribution in [1.29, 1.82) is 0 Å². The van der Waals surface area contributed by atoms with E-state index < -0.39 is 0 Å². The highest BCUT2D eigenvalue weighted by molar-refractivity contribution is 5.99. The number of carbonyl (C=O) groups excluding carboxylic acids is 1. The molecule has 0 N–H and O–H groups in total. The van der Waals surface area contributed by atoms with Crippen molar-refractivity contribution in [1.82, 2.24) is 14.5 Å². The van der Waals surface area contributed by atoms with Gasteiger partial charge in [-0.15, -0.1) is 0 Å². The van der Waals surface area contributed by atoms with Crippen LogP contribution in [0.25, 0.3) is 11.8 Å². The van der Waals surface area contributed by atoms with Gasteiger partial charge in [-0.3, -0.25) is 4.79 Å². The van der Waals surface area contributed by atoms with Gasteiger partial charge < -0.3 is 14.2 Å². The molecule has 2 saturated heterocycles. The number of amides is 1. The highest BCUT2D eigenvalue weighted by Gasteiger charge is 2.41. The van der Waals surface area contributed by atoms with E-state index >= 15 is 0 Å². The van der Waals surface area contributed by atoms with E-state index in [0.717, 1.165) is 59.5 Å². The first kappa shape index (κ1) is 22.8. The molecule has 172 valence electrons. The third-order valence-electron chi connectivity index (χ3n) is 6.55. The average Bonchev–Trinajstić information content (AvgIpc) is 3.43. The van der Waals surface area contributed by atoms with Gasteiger partial charge in [-0.1, -0.05) is 25.6 Å². The number of carbonyl (C=O) groups is 1. The second kappa shape index (κ2) is 9.22. The van der Waals surface area contributed by atoms with Gasteiger partial charge in [0, 0.05) is 17.8 Å². The fourth-order valence-corrected chi connectivity index (χ4v) is 4.97. The van der Waals surface area contributed by atoms with E-state index in [1.54, 1.807) is 25.6 Å². The lowest BCUT2D eigenvalue weighted by Gasteiger charge is -2.35. The lowest BCUT2D eigenvalue weighted by atomic mass is 9.95. The van der Waals surface area contributed by atoms with Gasteiger partial charge in [-0.25, -0.2) is 9.37 Å². The van der Waals surface area contributed by atoms with Gasteiger partial charge in [-0.2, -0.15) is 0 Å². The predicted molar refractivity (Wildman–Crippen MR) is 128 cm³/mol. The Labute approximate surface area is 194 Å². The molecule has 2 aromatic carbocycles. The summed E-state index contributed by atoms with van der Waals surface area (Å²) in [4.78, 5) is 19.8. The van der Waals surface area contributed by atoms with Crippen LogP contribution in [-0.4, -0.2) is 33.5 Å². The molecule has 1 aromatic heterocycles. The van der Waals surface area contributed by atoms with Crippen LogP contribution in [-0.2, 0) is 4.79 Å². The number of rotatable bonds is 4. The van der Waals surface area contributed by atoms with E-state index in [-0.39, 0.29) is 31.2 Å². The molecule has 0 saturated carbocycles. The quantitative estimate of drug-likeness (QED) is 0.470. The first-order chi connectivity index (χ1) is 15.5. The lowest BCUT2D eigenvalue weighted by Crippen LogP contribution is -2.41. The van der Waals surface area contributed by atoms with Crippen LogP contribution in [0, 0.1) is 12.7 Å². The van der Waals surface area contributed by atoms with Gasteiger partial charge in [-0.05, 0) is 74.1 Å². The highest BCUT2D eigenvalue weighted by atomic mass is 19.1. The molecule has 0 radical (unpaired) electrons. The monoisotopic (exact) mass is 447 g/mol. The van der Waals surface area contributed by atoms with Crippen molar-refractivity contribution in [2.24, 2.45) is 0 Å². The molecule has 2 aliphatic heterocycles. The number of ether oxygens (including phenoxy) is 1. The van der Waals surface area contributed by atoms with Gasteiger partial charge >= 0.3 is 0 Å². The molecule has 3 aromatic rings. The SMILES string of the molecule is C.COc1cc(/C=C2\CCC3CCC(c4ccc(F)cc4)N3C2=O)ccc1-n1cnc(C)c1. The van der Waals surface area contributed by atoms with Gasteiger partial charge in [0.15, 0.2) is 0 Å². The fraction of sp³-hybridized carbons (Fsp3) is 0.333. The standard InChI is InChI=1S/C26H26FN3O2.CH4/c1-17-15-29(16-28-17)24-11-3-18(14-25(24)32-2)13-20-6-9-22-10-12-23(30(22)26(20)31)19-4-7-21(27)8-5-19;/h3-5,7-8,11,13-16,22-23H,6,9-10,12H2,1-2H3;1H4/b20-13+;. The van der Waals surface area contributed by atoms with Crippen LogP contribution in [0.2, 0.25) is 0 Å². The lowest BCUT2D eigenvalue weighted by molar-refractivity contribution is -0.131. The first-order valence-corrected chi connectivity index (χ1v) is 11.0. The molecule has 1 amide bonds. The summed E-state index contributed by atoms with van der Waals surface area (Å²) in [5.74, 6) is 0.557. The van der Waals surface area contributed by atoms with E-state index in [1.165, 1.54) is 12.1 Å². The third kappa shape index (κ3) is 4.30. The number of methoxy groups -OCH3 is 1. The van der Waals surface area contributed by atoms with Crippen molar-refractivity contribution in [2.45, 2.75) is 52.1 Å². The van der Waals surface area contributed by atoms with Crippen LogP contribution in [0.15, 0.2) is 60.6 Å². The Morgan fingerprint density at radius 3 is 2.61 bits per heavy atom. The van der Waals surface area contributed by atoms with Crippen molar-refractivity contribution in [3.63, 3.8) is 0 Å². The minimum Gasteiger partial charge on any atom is -0.495 e. The van der Waals surface area contributed by atoms with Crippen LogP contribution >= 0.6 is 0 Å². The maximum absolute atomic E-state index is 13.4. The number of piperidine rings is 1. The molecule has 2 unspecified atom stereocenters. The van der Waals surface area contributed by atoms with Crippen molar-refractivity contribution in [3.05, 3.63) is 83.2 Å². The molecule has 0 spiro atoms. The zero-order valence-electron chi connectivity index (χ0n) is 18.3. The maximum atomic E-state index is 13.4. The van der Waals surface area contributed by atoms with Gasteiger partial charge in [0.25, 0.3) is 5.91 Å². The summed E-state index contributed by atoms with van der Waals surface area (Å²) in [5, 5.41) is 0. The molecular weight excluding hydrogens is 417 g/mol. The molecular formula is C27H30FN3O2. The fourth-order valence-electron chi connectivity index (χ4n) is 4.97. The van der Waals surface area contributed by atoms with Crippen molar-refractivity contribution in [2.75, 3.05) is 7.11 Å². The molecule has 0 bridgehead atoms. The van der Waals surface area contributed by atoms with E-state index in [0.29, 0.717) is 0 Å². The van der Waals surface area contributed by atoms with E-state index in [9.17, 15) is 9.18 Å². The van der Waals surface area contributed by atoms with Crippen molar-refractivity contribution < 1.29 is 13.9 Å². The number of fused-ring (bicyclic) bond motifs is 1. The summed E-state index contributed by atoms with van der Waals surface area (Å²) in [6, 6.07) is 12.8. The highest BCUT2D eigenvalue weighted by Crippen LogP contribution is 2.42. The summed E-state index contributed by atoms with van der Waals surface area (Å²) < 4.78 is 20.9. The number of benzene rings is 2. The largest absolute Gasteiger partial charge is 0.495 e. The van der Waals surface area contributed by atoms with Crippen molar-refractivity contribution >= 4 is 12.0 Å². The Hall–Kier alpha value is -3.41. The van der Waals surface area contributed by atoms with Gasteiger partial charge in [0.1, 0.15) is 11.6 Å². The second-order valence-corrected chi connectivity index (χ2v) is 8.57. The Morgan fingerprint density at radius 1 is 1.12 bits per heavy atom. The number of aryl methyl sites for hydroxylation is 1. The summed E-state index contributed by atoms with van der Waals surface area (Å²) in [6.45, 7) is 1.95. The molecule has 6 heteroatoms. The minimum atomic E-state index is -0.253. The Kier molecular flexibility index (Phi) is 6.36. The number of hydrogen-bond acceptors (Lipinski definition) is 3. The topological polar surface area (TPSA) is 47.4 Å². The van der Waals surface area contributed by atoms with Crippen LogP contribution in [0.4, 0.5) is 4.39 Å². The van der Waals surface area contributed by atoms with Crippen LogP contribution in [0.5, 0.6) is 5.75 Å². The molecule has 5 rings (SSSR count). The number of imidazole rings is 1. The molecule has 2 aliphatic rings. The van der Waals surface area contributed by atoms with Gasteiger partial charge in [0.2, 0.25) is 0 Å². The van der Waals surface area contributed by atoms with Gasteiger partial charge in [0.05, 0.1) is 30.9 Å². The molecule has 5 nitrogen and oxygen atoms in total. The summed E-state index contributed by atoms with van der Waals surface area (Å²) in [6.07, 6.45) is 9.32. The summed E-state index contributed by atoms with van der Waals surface area (Å²) in [5.41, 5.74) is 4.58. The average molecular weight is 448 g/mol. The number of nitrogens with zero attached hydrogens (tertiary/aromatic N) is 3. The van der Waals surface area contributed by atoms with Crippen LogP contribution in [0.3, 0.4) is 0 Å². The number of aromatic nitrogens is 2. The maximum Gasteiger partial charge on any atom is 0.250 e. The Bertz CT molecular complexity index is 1180. The summed E-state index contributed by atoms with van der Waals surface area (Å²) >= 11 is 0. The molecule has 33 heavy (non-hydrogen) atoms. The molecule has 0 aliphatic carbocycles. The van der Waals surface area contributed by atoms with Crippen LogP contribution < -0.4 is 4.74 Å². The minimum absolute atomic E-state index is 0. The van der Waals surface area contributed by atoms with Crippen LogP contribution in [0.1, 0.15) is 56.0 Å². The van der Waals surface area contributed by atoms with E-state index in [2.05, 4.69) is 4.98 Å². The Balaban J connectivity index is 0.00000259.